The topological polar surface area (TPSA) is 67.5 Å². The number of hydrogen-bond acceptors (Lipinski definition) is 4. The Bertz CT molecular complexity index is 1180. The first-order chi connectivity index (χ1) is 15.2. The first-order valence-corrected chi connectivity index (χ1v) is 10.2. The average molecular weight is 486 g/mol. The maximum absolute atomic E-state index is 14.1. The number of carbonyl (C=O) groups excluding carboxylic acids is 1. The Labute approximate surface area is 192 Å². The highest BCUT2D eigenvalue weighted by Gasteiger charge is 2.48. The predicted molar refractivity (Wildman–Crippen MR) is 114 cm³/mol. The van der Waals surface area contributed by atoms with Crippen LogP contribution in [0.1, 0.15) is 37.4 Å². The van der Waals surface area contributed by atoms with Crippen molar-refractivity contribution >= 4 is 35.2 Å². The lowest BCUT2D eigenvalue weighted by Gasteiger charge is -2.34. The number of benzene rings is 2. The number of aromatic nitrogens is 2. The third-order valence-corrected chi connectivity index (χ3v) is 6.10. The zero-order valence-corrected chi connectivity index (χ0v) is 18.0. The number of nitrogens with zero attached hydrogens (tertiary/aromatic N) is 2. The number of fused-ring (bicyclic) bond motifs is 1. The molecule has 176 valence electrons. The standard InChI is InChI=1S/C22H19F4N3O3.ClH/c23-15-3-1-2-4-18(15)29-12-21(32-20(29)30)9-7-13(8-10-21)19-27-16-6-5-14(11-17(16)28-19)31-22(24,25)26;/h1-6,11,13H,7-10,12H2,(H,27,28);1H. The molecular formula is C22H20ClF4N3O3. The Morgan fingerprint density at radius 2 is 1.88 bits per heavy atom. The lowest BCUT2D eigenvalue weighted by atomic mass is 9.78. The van der Waals surface area contributed by atoms with E-state index < -0.39 is 23.9 Å². The summed E-state index contributed by atoms with van der Waals surface area (Å²) in [5, 5.41) is 0. The molecule has 1 saturated heterocycles. The van der Waals surface area contributed by atoms with Crippen LogP contribution in [0, 0.1) is 5.82 Å². The van der Waals surface area contributed by atoms with E-state index in [1.807, 2.05) is 0 Å². The maximum atomic E-state index is 14.1. The Morgan fingerprint density at radius 3 is 2.58 bits per heavy atom. The van der Waals surface area contributed by atoms with Crippen molar-refractivity contribution in [1.82, 2.24) is 9.97 Å². The fourth-order valence-electron chi connectivity index (χ4n) is 4.55. The van der Waals surface area contributed by atoms with Crippen LogP contribution in [0.5, 0.6) is 5.75 Å². The number of anilines is 1. The molecule has 1 amide bonds. The van der Waals surface area contributed by atoms with Gasteiger partial charge in [0, 0.05) is 12.0 Å². The smallest absolute Gasteiger partial charge is 0.441 e. The number of hydrogen-bond donors (Lipinski definition) is 1. The van der Waals surface area contributed by atoms with Gasteiger partial charge in [-0.1, -0.05) is 12.1 Å². The molecule has 2 heterocycles. The van der Waals surface area contributed by atoms with Crippen LogP contribution in [0.25, 0.3) is 11.0 Å². The van der Waals surface area contributed by atoms with Crippen LogP contribution in [0.15, 0.2) is 42.5 Å². The second kappa shape index (κ2) is 8.40. The maximum Gasteiger partial charge on any atom is 0.573 e. The molecule has 1 spiro atoms. The number of rotatable bonds is 3. The van der Waals surface area contributed by atoms with Crippen molar-refractivity contribution in [2.24, 2.45) is 0 Å². The van der Waals surface area contributed by atoms with Gasteiger partial charge in [-0.15, -0.1) is 25.6 Å². The van der Waals surface area contributed by atoms with Crippen molar-refractivity contribution in [1.29, 1.82) is 0 Å². The summed E-state index contributed by atoms with van der Waals surface area (Å²) in [5.41, 5.74) is 0.522. The molecule has 1 saturated carbocycles. The van der Waals surface area contributed by atoms with E-state index >= 15 is 0 Å². The number of amides is 1. The van der Waals surface area contributed by atoms with E-state index in [4.69, 9.17) is 4.74 Å². The van der Waals surface area contributed by atoms with Crippen LogP contribution in [-0.4, -0.2) is 34.6 Å². The Morgan fingerprint density at radius 1 is 1.15 bits per heavy atom. The number of alkyl halides is 3. The van der Waals surface area contributed by atoms with Gasteiger partial charge < -0.3 is 14.5 Å². The molecule has 1 aromatic heterocycles. The van der Waals surface area contributed by atoms with Gasteiger partial charge in [0.15, 0.2) is 0 Å². The van der Waals surface area contributed by atoms with Gasteiger partial charge in [-0.25, -0.2) is 14.2 Å². The van der Waals surface area contributed by atoms with Crippen molar-refractivity contribution in [2.75, 3.05) is 11.4 Å². The molecule has 0 radical (unpaired) electrons. The summed E-state index contributed by atoms with van der Waals surface area (Å²) in [6, 6.07) is 10.1. The molecule has 3 aromatic rings. The second-order valence-electron chi connectivity index (χ2n) is 8.21. The minimum atomic E-state index is -4.76. The summed E-state index contributed by atoms with van der Waals surface area (Å²) in [4.78, 5) is 21.4. The van der Waals surface area contributed by atoms with Crippen LogP contribution >= 0.6 is 12.4 Å². The molecule has 0 bridgehead atoms. The van der Waals surface area contributed by atoms with Crippen molar-refractivity contribution < 1.29 is 31.8 Å². The lowest BCUT2D eigenvalue weighted by molar-refractivity contribution is -0.274. The number of carbonyl (C=O) groups is 1. The van der Waals surface area contributed by atoms with E-state index in [2.05, 4.69) is 14.7 Å². The van der Waals surface area contributed by atoms with Gasteiger partial charge in [0.2, 0.25) is 0 Å². The van der Waals surface area contributed by atoms with Gasteiger partial charge in [0.1, 0.15) is 23.0 Å². The summed E-state index contributed by atoms with van der Waals surface area (Å²) in [6.07, 6.45) is -2.83. The molecule has 2 aromatic carbocycles. The predicted octanol–water partition coefficient (Wildman–Crippen LogP) is 6.08. The van der Waals surface area contributed by atoms with Crippen molar-refractivity contribution in [3.63, 3.8) is 0 Å². The first-order valence-electron chi connectivity index (χ1n) is 10.2. The van der Waals surface area contributed by atoms with Crippen molar-refractivity contribution in [3.8, 4) is 5.75 Å². The van der Waals surface area contributed by atoms with Gasteiger partial charge in [0.25, 0.3) is 0 Å². The first kappa shape index (κ1) is 23.2. The molecule has 0 atom stereocenters. The van der Waals surface area contributed by atoms with Crippen LogP contribution in [0.4, 0.5) is 28.0 Å². The molecule has 1 aliphatic heterocycles. The summed E-state index contributed by atoms with van der Waals surface area (Å²) < 4.78 is 61.2. The van der Waals surface area contributed by atoms with E-state index in [1.165, 1.54) is 29.2 Å². The zero-order chi connectivity index (χ0) is 22.5. The summed E-state index contributed by atoms with van der Waals surface area (Å²) in [5.74, 6) is -0.0846. The number of imidazole rings is 1. The van der Waals surface area contributed by atoms with Gasteiger partial charge in [-0.3, -0.25) is 4.90 Å². The monoisotopic (exact) mass is 485 g/mol. The number of ether oxygens (including phenoxy) is 2. The number of nitrogens with one attached hydrogen (secondary N) is 1. The van der Waals surface area contributed by atoms with E-state index in [0.717, 1.165) is 0 Å². The van der Waals surface area contributed by atoms with Gasteiger partial charge in [0.05, 0.1) is 23.3 Å². The fourth-order valence-corrected chi connectivity index (χ4v) is 4.55. The normalized spacial score (nSPS) is 23.0. The van der Waals surface area contributed by atoms with E-state index in [1.54, 1.807) is 18.2 Å². The molecule has 2 fully saturated rings. The van der Waals surface area contributed by atoms with Crippen molar-refractivity contribution in [2.45, 2.75) is 43.6 Å². The molecule has 1 aliphatic carbocycles. The quantitative estimate of drug-likeness (QED) is 0.457. The second-order valence-corrected chi connectivity index (χ2v) is 8.21. The number of halogens is 5. The number of aromatic amines is 1. The summed E-state index contributed by atoms with van der Waals surface area (Å²) in [7, 11) is 0. The Kier molecular flexibility index (Phi) is 5.90. The third-order valence-electron chi connectivity index (χ3n) is 6.10. The minimum absolute atomic E-state index is 0. The zero-order valence-electron chi connectivity index (χ0n) is 17.2. The molecule has 1 N–H and O–H groups in total. The molecule has 5 rings (SSSR count). The van der Waals surface area contributed by atoms with Crippen LogP contribution in [0.2, 0.25) is 0 Å². The fraction of sp³-hybridized carbons (Fsp3) is 0.364. The Hall–Kier alpha value is -3.01. The summed E-state index contributed by atoms with van der Waals surface area (Å²) in [6.45, 7) is 0.276. The minimum Gasteiger partial charge on any atom is -0.441 e. The van der Waals surface area contributed by atoms with E-state index in [0.29, 0.717) is 42.5 Å². The molecule has 33 heavy (non-hydrogen) atoms. The highest BCUT2D eigenvalue weighted by Crippen LogP contribution is 2.44. The molecule has 0 unspecified atom stereocenters. The average Bonchev–Trinajstić information content (AvgIpc) is 3.28. The van der Waals surface area contributed by atoms with E-state index in [-0.39, 0.29) is 36.3 Å². The van der Waals surface area contributed by atoms with Crippen LogP contribution in [-0.2, 0) is 4.74 Å². The Balaban J connectivity index is 0.00000259. The molecule has 11 heteroatoms. The van der Waals surface area contributed by atoms with Crippen LogP contribution in [0.3, 0.4) is 0 Å². The summed E-state index contributed by atoms with van der Waals surface area (Å²) >= 11 is 0. The SMILES string of the molecule is Cl.O=C1OC2(CCC(c3nc4cc(OC(F)(F)F)ccc4[nH]3)CC2)CN1c1ccccc1F. The third kappa shape index (κ3) is 4.57. The van der Waals surface area contributed by atoms with Crippen molar-refractivity contribution in [3.05, 3.63) is 54.1 Å². The highest BCUT2D eigenvalue weighted by molar-refractivity contribution is 5.90. The molecule has 2 aliphatic rings. The lowest BCUT2D eigenvalue weighted by Crippen LogP contribution is -2.38. The number of H-pyrrole nitrogens is 1. The molecule has 6 nitrogen and oxygen atoms in total. The van der Waals surface area contributed by atoms with Gasteiger partial charge in [-0.05, 0) is 49.9 Å². The highest BCUT2D eigenvalue weighted by atomic mass is 35.5. The number of para-hydroxylation sites is 1. The van der Waals surface area contributed by atoms with E-state index in [9.17, 15) is 22.4 Å². The van der Waals surface area contributed by atoms with Crippen LogP contribution < -0.4 is 9.64 Å². The largest absolute Gasteiger partial charge is 0.573 e. The molecular weight excluding hydrogens is 466 g/mol. The van der Waals surface area contributed by atoms with Gasteiger partial charge >= 0.3 is 12.5 Å². The van der Waals surface area contributed by atoms with Gasteiger partial charge in [-0.2, -0.15) is 0 Å².